The highest BCUT2D eigenvalue weighted by Gasteiger charge is 2.39. The quantitative estimate of drug-likeness (QED) is 0.436. The third kappa shape index (κ3) is 4.28. The van der Waals surface area contributed by atoms with E-state index in [0.29, 0.717) is 6.04 Å². The fourth-order valence-corrected chi connectivity index (χ4v) is 4.13. The molecule has 3 rings (SSSR count). The second kappa shape index (κ2) is 8.49. The summed E-state index contributed by atoms with van der Waals surface area (Å²) in [7, 11) is 0. The number of nitrogens with zero attached hydrogens (tertiary/aromatic N) is 4. The van der Waals surface area contributed by atoms with Gasteiger partial charge in [0.1, 0.15) is 12.2 Å². The molecule has 0 aromatic carbocycles. The number of aromatic nitrogens is 3. The number of aryl methyl sites for hydroxylation is 1. The van der Waals surface area contributed by atoms with Crippen LogP contribution in [0, 0.1) is 11.8 Å². The minimum absolute atomic E-state index is 0.623. The first-order valence-electron chi connectivity index (χ1n) is 9.71. The molecule has 2 N–H and O–H groups in total. The van der Waals surface area contributed by atoms with E-state index in [1.165, 1.54) is 32.1 Å². The van der Waals surface area contributed by atoms with Crippen molar-refractivity contribution in [1.29, 1.82) is 0 Å². The van der Waals surface area contributed by atoms with Crippen LogP contribution in [0.15, 0.2) is 11.3 Å². The Kier molecular flexibility index (Phi) is 6.10. The number of nitrogens with one attached hydrogen (secondary N) is 2. The molecule has 1 aromatic heterocycles. The smallest absolute Gasteiger partial charge is 0.191 e. The van der Waals surface area contributed by atoms with Crippen LogP contribution in [0.25, 0.3) is 0 Å². The summed E-state index contributed by atoms with van der Waals surface area (Å²) in [5.41, 5.74) is 0. The monoisotopic (exact) mass is 332 g/mol. The normalized spacial score (nSPS) is 26.1. The van der Waals surface area contributed by atoms with Crippen LogP contribution in [0.2, 0.25) is 0 Å². The molecule has 2 saturated carbocycles. The second-order valence-electron chi connectivity index (χ2n) is 7.23. The molecule has 6 heteroatoms. The predicted molar refractivity (Wildman–Crippen MR) is 97.0 cm³/mol. The van der Waals surface area contributed by atoms with Gasteiger partial charge in [0.15, 0.2) is 5.96 Å². The molecule has 0 spiro atoms. The van der Waals surface area contributed by atoms with Crippen LogP contribution in [-0.4, -0.2) is 39.9 Å². The Morgan fingerprint density at radius 3 is 2.96 bits per heavy atom. The number of fused-ring (bicyclic) bond motifs is 2. The van der Waals surface area contributed by atoms with Gasteiger partial charge in [-0.2, -0.15) is 0 Å². The predicted octanol–water partition coefficient (Wildman–Crippen LogP) is 2.36. The molecule has 24 heavy (non-hydrogen) atoms. The Labute approximate surface area is 145 Å². The van der Waals surface area contributed by atoms with Crippen LogP contribution in [0.1, 0.15) is 58.2 Å². The fourth-order valence-electron chi connectivity index (χ4n) is 4.13. The highest BCUT2D eigenvalue weighted by molar-refractivity contribution is 5.80. The summed E-state index contributed by atoms with van der Waals surface area (Å²) in [6, 6.07) is 0.623. The van der Waals surface area contributed by atoms with Gasteiger partial charge >= 0.3 is 0 Å². The molecule has 2 fully saturated rings. The number of aliphatic imine (C=N–C) groups is 1. The Morgan fingerprint density at radius 2 is 2.25 bits per heavy atom. The van der Waals surface area contributed by atoms with Gasteiger partial charge in [-0.25, -0.2) is 0 Å². The number of hydrogen-bond donors (Lipinski definition) is 2. The van der Waals surface area contributed by atoms with Crippen molar-refractivity contribution in [3.63, 3.8) is 0 Å². The van der Waals surface area contributed by atoms with E-state index in [1.54, 1.807) is 0 Å². The van der Waals surface area contributed by atoms with Crippen molar-refractivity contribution >= 4 is 5.96 Å². The zero-order valence-corrected chi connectivity index (χ0v) is 15.2. The van der Waals surface area contributed by atoms with E-state index < -0.39 is 0 Å². The van der Waals surface area contributed by atoms with E-state index in [4.69, 9.17) is 4.99 Å². The number of guanidine groups is 1. The standard InChI is InChI=1S/C18H32N6/c1-3-5-8-19-18(22-16-12-14-6-7-15(16)11-14)20-9-10-24-13-21-23-17(24)4-2/h13-16H,3-12H2,1-2H3,(H2,19,20,22). The summed E-state index contributed by atoms with van der Waals surface area (Å²) < 4.78 is 2.12. The Bertz CT molecular complexity index is 537. The first kappa shape index (κ1) is 17.2. The molecule has 3 atom stereocenters. The number of hydrogen-bond acceptors (Lipinski definition) is 3. The molecule has 3 unspecified atom stereocenters. The van der Waals surface area contributed by atoms with E-state index in [9.17, 15) is 0 Å². The van der Waals surface area contributed by atoms with Gasteiger partial charge in [-0.05, 0) is 37.5 Å². The second-order valence-corrected chi connectivity index (χ2v) is 7.23. The van der Waals surface area contributed by atoms with Crippen molar-refractivity contribution in [2.45, 2.75) is 71.4 Å². The average Bonchev–Trinajstić information content (AvgIpc) is 3.31. The molecule has 1 heterocycles. The molecule has 134 valence electrons. The highest BCUT2D eigenvalue weighted by Crippen LogP contribution is 2.44. The summed E-state index contributed by atoms with van der Waals surface area (Å²) in [6.45, 7) is 6.96. The molecule has 0 aliphatic heterocycles. The maximum absolute atomic E-state index is 4.78. The number of unbranched alkanes of at least 4 members (excludes halogenated alkanes) is 1. The van der Waals surface area contributed by atoms with Crippen molar-refractivity contribution in [3.8, 4) is 0 Å². The summed E-state index contributed by atoms with van der Waals surface area (Å²) in [5.74, 6) is 3.85. The van der Waals surface area contributed by atoms with Crippen LogP contribution in [-0.2, 0) is 13.0 Å². The molecule has 6 nitrogen and oxygen atoms in total. The van der Waals surface area contributed by atoms with Crippen LogP contribution in [0.3, 0.4) is 0 Å². The third-order valence-electron chi connectivity index (χ3n) is 5.50. The van der Waals surface area contributed by atoms with Crippen LogP contribution >= 0.6 is 0 Å². The molecular weight excluding hydrogens is 300 g/mol. The summed E-state index contributed by atoms with van der Waals surface area (Å²) in [5, 5.41) is 15.4. The average molecular weight is 332 g/mol. The molecule has 2 bridgehead atoms. The van der Waals surface area contributed by atoms with Gasteiger partial charge in [0.2, 0.25) is 0 Å². The summed E-state index contributed by atoms with van der Waals surface area (Å²) >= 11 is 0. The largest absolute Gasteiger partial charge is 0.355 e. The molecule has 1 aromatic rings. The number of rotatable bonds is 8. The lowest BCUT2D eigenvalue weighted by atomic mass is 9.95. The van der Waals surface area contributed by atoms with E-state index >= 15 is 0 Å². The summed E-state index contributed by atoms with van der Waals surface area (Å²) in [4.78, 5) is 4.78. The van der Waals surface area contributed by atoms with E-state index in [2.05, 4.69) is 39.2 Å². The van der Waals surface area contributed by atoms with Crippen molar-refractivity contribution in [1.82, 2.24) is 25.4 Å². The van der Waals surface area contributed by atoms with Crippen LogP contribution in [0.5, 0.6) is 0 Å². The first-order valence-corrected chi connectivity index (χ1v) is 9.71. The van der Waals surface area contributed by atoms with E-state index in [-0.39, 0.29) is 0 Å². The van der Waals surface area contributed by atoms with E-state index in [0.717, 1.165) is 56.1 Å². The lowest BCUT2D eigenvalue weighted by Gasteiger charge is -2.25. The Hall–Kier alpha value is -1.59. The van der Waals surface area contributed by atoms with Gasteiger partial charge in [0.25, 0.3) is 0 Å². The molecule has 0 radical (unpaired) electrons. The van der Waals surface area contributed by atoms with Gasteiger partial charge in [-0.15, -0.1) is 10.2 Å². The first-order chi connectivity index (χ1) is 11.8. The SMILES string of the molecule is CCCCN=C(NCCn1cnnc1CC)NC1CC2CCC1C2. The summed E-state index contributed by atoms with van der Waals surface area (Å²) in [6.07, 6.45) is 10.6. The van der Waals surface area contributed by atoms with Crippen molar-refractivity contribution in [2.24, 2.45) is 16.8 Å². The van der Waals surface area contributed by atoms with E-state index in [1.807, 2.05) is 6.33 Å². The van der Waals surface area contributed by atoms with Gasteiger partial charge in [0, 0.05) is 32.1 Å². The lowest BCUT2D eigenvalue weighted by Crippen LogP contribution is -2.46. The maximum atomic E-state index is 4.78. The molecule has 2 aliphatic carbocycles. The minimum atomic E-state index is 0.623. The van der Waals surface area contributed by atoms with Crippen molar-refractivity contribution in [2.75, 3.05) is 13.1 Å². The Balaban J connectivity index is 1.51. The molecule has 2 aliphatic rings. The van der Waals surface area contributed by atoms with Crippen molar-refractivity contribution in [3.05, 3.63) is 12.2 Å². The fraction of sp³-hybridized carbons (Fsp3) is 0.833. The third-order valence-corrected chi connectivity index (χ3v) is 5.50. The Morgan fingerprint density at radius 1 is 1.33 bits per heavy atom. The molecule has 0 saturated heterocycles. The maximum Gasteiger partial charge on any atom is 0.191 e. The zero-order valence-electron chi connectivity index (χ0n) is 15.2. The van der Waals surface area contributed by atoms with Gasteiger partial charge < -0.3 is 15.2 Å². The van der Waals surface area contributed by atoms with Crippen LogP contribution < -0.4 is 10.6 Å². The van der Waals surface area contributed by atoms with Gasteiger partial charge in [-0.3, -0.25) is 4.99 Å². The topological polar surface area (TPSA) is 67.1 Å². The molecule has 0 amide bonds. The molecular formula is C18H32N6. The zero-order chi connectivity index (χ0) is 16.8. The van der Waals surface area contributed by atoms with Crippen LogP contribution in [0.4, 0.5) is 0 Å². The highest BCUT2D eigenvalue weighted by atomic mass is 15.3. The van der Waals surface area contributed by atoms with Crippen molar-refractivity contribution < 1.29 is 0 Å². The lowest BCUT2D eigenvalue weighted by molar-refractivity contribution is 0.387. The van der Waals surface area contributed by atoms with Gasteiger partial charge in [-0.1, -0.05) is 26.7 Å². The van der Waals surface area contributed by atoms with Gasteiger partial charge in [0.05, 0.1) is 0 Å². The minimum Gasteiger partial charge on any atom is -0.355 e.